The number of anilines is 1. The highest BCUT2D eigenvalue weighted by molar-refractivity contribution is 7.15. The van der Waals surface area contributed by atoms with Crippen molar-refractivity contribution >= 4 is 16.5 Å². The second-order valence-corrected chi connectivity index (χ2v) is 5.62. The molecule has 0 aromatic carbocycles. The smallest absolute Gasteiger partial charge is 0.208 e. The molecule has 1 aromatic heterocycles. The van der Waals surface area contributed by atoms with E-state index in [2.05, 4.69) is 33.8 Å². The summed E-state index contributed by atoms with van der Waals surface area (Å²) in [6, 6.07) is 0. The molecular weight excluding hydrogens is 236 g/mol. The Morgan fingerprint density at radius 3 is 2.47 bits per heavy atom. The average Bonchev–Trinajstić information content (AvgIpc) is 2.80. The van der Waals surface area contributed by atoms with Crippen LogP contribution in [0.4, 0.5) is 5.13 Å². The van der Waals surface area contributed by atoms with E-state index in [1.165, 1.54) is 0 Å². The predicted octanol–water partition coefficient (Wildman–Crippen LogP) is 0.776. The van der Waals surface area contributed by atoms with Crippen molar-refractivity contribution in [3.05, 3.63) is 5.01 Å². The van der Waals surface area contributed by atoms with Crippen LogP contribution in [0, 0.1) is 0 Å². The Hall–Kier alpha value is -0.720. The fourth-order valence-corrected chi connectivity index (χ4v) is 2.79. The number of β-amino-alcohol motifs (C(OH)–C–C–N with tert-alkyl or cyclic N) is 1. The van der Waals surface area contributed by atoms with Gasteiger partial charge < -0.3 is 10.0 Å². The van der Waals surface area contributed by atoms with E-state index in [0.717, 1.165) is 42.9 Å². The van der Waals surface area contributed by atoms with Gasteiger partial charge in [-0.05, 0) is 0 Å². The van der Waals surface area contributed by atoms with E-state index >= 15 is 0 Å². The van der Waals surface area contributed by atoms with Crippen LogP contribution in [-0.2, 0) is 0 Å². The number of piperazine rings is 1. The summed E-state index contributed by atoms with van der Waals surface area (Å²) in [4.78, 5) is 4.57. The monoisotopic (exact) mass is 256 g/mol. The highest BCUT2D eigenvalue weighted by atomic mass is 32.1. The molecule has 1 aliphatic rings. The topological polar surface area (TPSA) is 52.5 Å². The van der Waals surface area contributed by atoms with Crippen LogP contribution in [-0.4, -0.2) is 59.5 Å². The molecule has 2 rings (SSSR count). The van der Waals surface area contributed by atoms with Crippen LogP contribution < -0.4 is 4.90 Å². The minimum absolute atomic E-state index is 0.246. The minimum atomic E-state index is 0.246. The number of hydrogen-bond donors (Lipinski definition) is 1. The molecular formula is C11H20N4OS. The largest absolute Gasteiger partial charge is 0.395 e. The molecule has 2 heterocycles. The van der Waals surface area contributed by atoms with Crippen LogP contribution in [0.5, 0.6) is 0 Å². The zero-order valence-electron chi connectivity index (χ0n) is 10.5. The maximum absolute atomic E-state index is 8.89. The highest BCUT2D eigenvalue weighted by Crippen LogP contribution is 2.26. The summed E-state index contributed by atoms with van der Waals surface area (Å²) in [6.45, 7) is 9.26. The Morgan fingerprint density at radius 2 is 1.94 bits per heavy atom. The zero-order chi connectivity index (χ0) is 12.3. The molecule has 0 amide bonds. The molecule has 0 atom stereocenters. The van der Waals surface area contributed by atoms with Crippen molar-refractivity contribution in [1.29, 1.82) is 0 Å². The molecule has 1 saturated heterocycles. The van der Waals surface area contributed by atoms with E-state index in [1.54, 1.807) is 11.3 Å². The number of rotatable bonds is 4. The molecule has 0 aliphatic carbocycles. The standard InChI is InChI=1S/C11H20N4OS/c1-9(2)10-12-13-11(17-10)15-5-3-14(4-6-15)7-8-16/h9,16H,3-8H2,1-2H3. The van der Waals surface area contributed by atoms with E-state index in [4.69, 9.17) is 5.11 Å². The first-order chi connectivity index (χ1) is 8.20. The van der Waals surface area contributed by atoms with Gasteiger partial charge in [-0.2, -0.15) is 0 Å². The summed E-state index contributed by atoms with van der Waals surface area (Å²) in [5.41, 5.74) is 0. The number of aliphatic hydroxyl groups is 1. The Balaban J connectivity index is 1.91. The van der Waals surface area contributed by atoms with Gasteiger partial charge in [0.25, 0.3) is 0 Å². The number of nitrogens with zero attached hydrogens (tertiary/aromatic N) is 4. The van der Waals surface area contributed by atoms with Crippen LogP contribution in [0.2, 0.25) is 0 Å². The van der Waals surface area contributed by atoms with Crippen LogP contribution in [0.15, 0.2) is 0 Å². The SMILES string of the molecule is CC(C)c1nnc(N2CCN(CCO)CC2)s1. The quantitative estimate of drug-likeness (QED) is 0.862. The Morgan fingerprint density at radius 1 is 1.24 bits per heavy atom. The van der Waals surface area contributed by atoms with Gasteiger partial charge in [-0.1, -0.05) is 25.2 Å². The van der Waals surface area contributed by atoms with Gasteiger partial charge in [0, 0.05) is 38.6 Å². The van der Waals surface area contributed by atoms with Gasteiger partial charge in [0.2, 0.25) is 5.13 Å². The van der Waals surface area contributed by atoms with Gasteiger partial charge in [0.05, 0.1) is 6.61 Å². The van der Waals surface area contributed by atoms with Crippen molar-refractivity contribution in [2.75, 3.05) is 44.2 Å². The molecule has 1 aromatic rings. The number of aromatic nitrogens is 2. The Bertz CT molecular complexity index is 347. The molecule has 96 valence electrons. The second kappa shape index (κ2) is 5.75. The summed E-state index contributed by atoms with van der Waals surface area (Å²) in [5, 5.41) is 19.5. The summed E-state index contributed by atoms with van der Waals surface area (Å²) in [6.07, 6.45) is 0. The van der Waals surface area contributed by atoms with Crippen LogP contribution >= 0.6 is 11.3 Å². The molecule has 0 unspecified atom stereocenters. The minimum Gasteiger partial charge on any atom is -0.395 e. The lowest BCUT2D eigenvalue weighted by atomic mass is 10.2. The number of hydrogen-bond acceptors (Lipinski definition) is 6. The summed E-state index contributed by atoms with van der Waals surface area (Å²) >= 11 is 1.70. The molecule has 1 aliphatic heterocycles. The molecule has 17 heavy (non-hydrogen) atoms. The molecule has 5 nitrogen and oxygen atoms in total. The lowest BCUT2D eigenvalue weighted by molar-refractivity contribution is 0.188. The molecule has 0 saturated carbocycles. The maximum atomic E-state index is 8.89. The lowest BCUT2D eigenvalue weighted by Crippen LogP contribution is -2.47. The van der Waals surface area contributed by atoms with Gasteiger partial charge in [-0.25, -0.2) is 0 Å². The normalized spacial score (nSPS) is 18.0. The number of aliphatic hydroxyl groups excluding tert-OH is 1. The van der Waals surface area contributed by atoms with Crippen molar-refractivity contribution in [2.45, 2.75) is 19.8 Å². The zero-order valence-corrected chi connectivity index (χ0v) is 11.3. The van der Waals surface area contributed by atoms with Crippen LogP contribution in [0.1, 0.15) is 24.8 Å². The fraction of sp³-hybridized carbons (Fsp3) is 0.818. The molecule has 1 N–H and O–H groups in total. The fourth-order valence-electron chi connectivity index (χ4n) is 1.89. The van der Waals surface area contributed by atoms with Gasteiger partial charge in [0.1, 0.15) is 5.01 Å². The Kier molecular flexibility index (Phi) is 4.31. The van der Waals surface area contributed by atoms with Crippen molar-refractivity contribution in [1.82, 2.24) is 15.1 Å². The predicted molar refractivity (Wildman–Crippen MR) is 69.7 cm³/mol. The lowest BCUT2D eigenvalue weighted by Gasteiger charge is -2.33. The molecule has 6 heteroatoms. The van der Waals surface area contributed by atoms with Gasteiger partial charge in [0.15, 0.2) is 0 Å². The van der Waals surface area contributed by atoms with Gasteiger partial charge >= 0.3 is 0 Å². The van der Waals surface area contributed by atoms with Crippen LogP contribution in [0.3, 0.4) is 0 Å². The second-order valence-electron chi connectivity index (χ2n) is 4.63. The van der Waals surface area contributed by atoms with Crippen molar-refractivity contribution < 1.29 is 5.11 Å². The molecule has 0 spiro atoms. The third-order valence-corrected chi connectivity index (χ3v) is 4.27. The third kappa shape index (κ3) is 3.14. The molecule has 0 radical (unpaired) electrons. The van der Waals surface area contributed by atoms with E-state index in [1.807, 2.05) is 0 Å². The summed E-state index contributed by atoms with van der Waals surface area (Å²) < 4.78 is 0. The maximum Gasteiger partial charge on any atom is 0.208 e. The summed E-state index contributed by atoms with van der Waals surface area (Å²) in [5.74, 6) is 0.455. The van der Waals surface area contributed by atoms with E-state index in [0.29, 0.717) is 5.92 Å². The summed E-state index contributed by atoms with van der Waals surface area (Å²) in [7, 11) is 0. The first kappa shape index (κ1) is 12.7. The van der Waals surface area contributed by atoms with E-state index in [-0.39, 0.29) is 6.61 Å². The van der Waals surface area contributed by atoms with E-state index < -0.39 is 0 Å². The Labute approximate surface area is 106 Å². The van der Waals surface area contributed by atoms with Crippen molar-refractivity contribution in [3.8, 4) is 0 Å². The molecule has 0 bridgehead atoms. The first-order valence-corrected chi connectivity index (χ1v) is 6.94. The van der Waals surface area contributed by atoms with Crippen LogP contribution in [0.25, 0.3) is 0 Å². The molecule has 1 fully saturated rings. The van der Waals surface area contributed by atoms with Gasteiger partial charge in [-0.15, -0.1) is 10.2 Å². The average molecular weight is 256 g/mol. The first-order valence-electron chi connectivity index (χ1n) is 6.12. The van der Waals surface area contributed by atoms with E-state index in [9.17, 15) is 0 Å². The van der Waals surface area contributed by atoms with Crippen molar-refractivity contribution in [3.63, 3.8) is 0 Å². The third-order valence-electron chi connectivity index (χ3n) is 2.98. The van der Waals surface area contributed by atoms with Crippen molar-refractivity contribution in [2.24, 2.45) is 0 Å². The van der Waals surface area contributed by atoms with Gasteiger partial charge in [-0.3, -0.25) is 4.90 Å². The highest BCUT2D eigenvalue weighted by Gasteiger charge is 2.20.